The van der Waals surface area contributed by atoms with Crippen molar-refractivity contribution in [2.75, 3.05) is 26.2 Å². The van der Waals surface area contributed by atoms with E-state index in [2.05, 4.69) is 23.6 Å². The fraction of sp³-hybridized carbons (Fsp3) is 0.700. The average Bonchev–Trinajstić information content (AvgIpc) is 2.77. The van der Waals surface area contributed by atoms with Gasteiger partial charge in [0, 0.05) is 31.2 Å². The van der Waals surface area contributed by atoms with Gasteiger partial charge < -0.3 is 19.6 Å². The first-order valence-corrected chi connectivity index (χ1v) is 9.61. The molecule has 0 amide bonds. The van der Waals surface area contributed by atoms with E-state index in [4.69, 9.17) is 4.74 Å². The summed E-state index contributed by atoms with van der Waals surface area (Å²) in [6, 6.07) is 7.41. The first kappa shape index (κ1) is 18.6. The number of likely N-dealkylation sites (tertiary alicyclic amines) is 2. The lowest BCUT2D eigenvalue weighted by Crippen LogP contribution is -2.47. The normalized spacial score (nSPS) is 27.4. The molecule has 140 valence electrons. The zero-order chi connectivity index (χ0) is 17.8. The van der Waals surface area contributed by atoms with E-state index in [1.807, 2.05) is 0 Å². The molecule has 2 aliphatic rings. The molecule has 0 unspecified atom stereocenters. The third kappa shape index (κ3) is 4.93. The number of nitrogens with zero attached hydrogens (tertiary/aromatic N) is 2. The van der Waals surface area contributed by atoms with Gasteiger partial charge in [0.2, 0.25) is 0 Å². The lowest BCUT2D eigenvalue weighted by Gasteiger charge is -2.39. The molecule has 3 rings (SSSR count). The molecule has 0 spiro atoms. The zero-order valence-electron chi connectivity index (χ0n) is 15.4. The Kier molecular flexibility index (Phi) is 6.31. The van der Waals surface area contributed by atoms with Gasteiger partial charge in [-0.1, -0.05) is 6.07 Å². The van der Waals surface area contributed by atoms with Gasteiger partial charge in [0.15, 0.2) is 0 Å². The topological polar surface area (TPSA) is 35.9 Å². The van der Waals surface area contributed by atoms with Crippen LogP contribution >= 0.6 is 0 Å². The van der Waals surface area contributed by atoms with E-state index in [9.17, 15) is 9.50 Å². The molecule has 0 saturated carbocycles. The SMILES string of the molecule is CC(C)N1CCC(N2CC[C@H](Oc3cccc(F)c3)[C@@H](O)CC2)CC1. The van der Waals surface area contributed by atoms with Crippen molar-refractivity contribution in [3.05, 3.63) is 30.1 Å². The van der Waals surface area contributed by atoms with Crippen LogP contribution in [-0.2, 0) is 0 Å². The van der Waals surface area contributed by atoms with Gasteiger partial charge in [0.25, 0.3) is 0 Å². The van der Waals surface area contributed by atoms with Crippen molar-refractivity contribution >= 4 is 0 Å². The quantitative estimate of drug-likeness (QED) is 0.906. The number of aliphatic hydroxyl groups is 1. The molecule has 2 aliphatic heterocycles. The van der Waals surface area contributed by atoms with Gasteiger partial charge in [-0.3, -0.25) is 0 Å². The fourth-order valence-corrected chi connectivity index (χ4v) is 4.07. The van der Waals surface area contributed by atoms with Crippen molar-refractivity contribution < 1.29 is 14.2 Å². The van der Waals surface area contributed by atoms with Gasteiger partial charge in [-0.2, -0.15) is 0 Å². The molecular formula is C20H31FN2O2. The Bertz CT molecular complexity index is 546. The highest BCUT2D eigenvalue weighted by atomic mass is 19.1. The van der Waals surface area contributed by atoms with Crippen LogP contribution in [0.3, 0.4) is 0 Å². The molecule has 0 bridgehead atoms. The fourth-order valence-electron chi connectivity index (χ4n) is 4.07. The molecule has 25 heavy (non-hydrogen) atoms. The number of hydrogen-bond acceptors (Lipinski definition) is 4. The van der Waals surface area contributed by atoms with Crippen LogP contribution in [0.15, 0.2) is 24.3 Å². The predicted molar refractivity (Wildman–Crippen MR) is 97.4 cm³/mol. The second kappa shape index (κ2) is 8.47. The third-order valence-electron chi connectivity index (χ3n) is 5.67. The molecule has 4 nitrogen and oxygen atoms in total. The highest BCUT2D eigenvalue weighted by Gasteiger charge is 2.31. The summed E-state index contributed by atoms with van der Waals surface area (Å²) in [5.74, 6) is 0.196. The van der Waals surface area contributed by atoms with Crippen molar-refractivity contribution in [2.24, 2.45) is 0 Å². The van der Waals surface area contributed by atoms with Crippen molar-refractivity contribution in [3.8, 4) is 5.75 Å². The second-order valence-corrected chi connectivity index (χ2v) is 7.66. The monoisotopic (exact) mass is 350 g/mol. The smallest absolute Gasteiger partial charge is 0.126 e. The summed E-state index contributed by atoms with van der Waals surface area (Å²) in [7, 11) is 0. The molecule has 2 saturated heterocycles. The number of aliphatic hydroxyl groups excluding tert-OH is 1. The minimum Gasteiger partial charge on any atom is -0.488 e. The van der Waals surface area contributed by atoms with Crippen LogP contribution in [0.4, 0.5) is 4.39 Å². The van der Waals surface area contributed by atoms with Crippen molar-refractivity contribution in [1.29, 1.82) is 0 Å². The van der Waals surface area contributed by atoms with E-state index in [1.54, 1.807) is 12.1 Å². The number of ether oxygens (including phenoxy) is 1. The van der Waals surface area contributed by atoms with Gasteiger partial charge in [-0.15, -0.1) is 0 Å². The largest absolute Gasteiger partial charge is 0.488 e. The molecule has 1 aromatic rings. The Balaban J connectivity index is 1.54. The molecule has 5 heteroatoms. The highest BCUT2D eigenvalue weighted by molar-refractivity contribution is 5.22. The van der Waals surface area contributed by atoms with Crippen LogP contribution in [0.2, 0.25) is 0 Å². The first-order valence-electron chi connectivity index (χ1n) is 9.61. The van der Waals surface area contributed by atoms with Crippen molar-refractivity contribution in [3.63, 3.8) is 0 Å². The van der Waals surface area contributed by atoms with Gasteiger partial charge in [0.1, 0.15) is 17.7 Å². The van der Waals surface area contributed by atoms with E-state index in [1.165, 1.54) is 25.0 Å². The Morgan fingerprint density at radius 3 is 2.48 bits per heavy atom. The van der Waals surface area contributed by atoms with E-state index >= 15 is 0 Å². The van der Waals surface area contributed by atoms with Gasteiger partial charge >= 0.3 is 0 Å². The first-order chi connectivity index (χ1) is 12.0. The molecule has 2 atom stereocenters. The molecule has 2 fully saturated rings. The van der Waals surface area contributed by atoms with Crippen LogP contribution in [-0.4, -0.2) is 65.4 Å². The van der Waals surface area contributed by atoms with Crippen molar-refractivity contribution in [2.45, 2.75) is 63.8 Å². The van der Waals surface area contributed by atoms with Crippen LogP contribution in [0, 0.1) is 5.82 Å². The number of piperidine rings is 1. The molecule has 0 aliphatic carbocycles. The summed E-state index contributed by atoms with van der Waals surface area (Å²) >= 11 is 0. The summed E-state index contributed by atoms with van der Waals surface area (Å²) < 4.78 is 19.2. The van der Waals surface area contributed by atoms with E-state index in [0.717, 1.165) is 32.6 Å². The maximum atomic E-state index is 13.3. The van der Waals surface area contributed by atoms with Crippen LogP contribution in [0.5, 0.6) is 5.75 Å². The zero-order valence-corrected chi connectivity index (χ0v) is 15.4. The summed E-state index contributed by atoms with van der Waals surface area (Å²) in [6.45, 7) is 8.68. The maximum absolute atomic E-state index is 13.3. The maximum Gasteiger partial charge on any atom is 0.126 e. The molecule has 1 N–H and O–H groups in total. The number of rotatable bonds is 4. The minimum atomic E-state index is -0.496. The van der Waals surface area contributed by atoms with Gasteiger partial charge in [0.05, 0.1) is 6.10 Å². The molecule has 2 heterocycles. The Hall–Kier alpha value is -1.17. The molecule has 0 radical (unpaired) electrons. The lowest BCUT2D eigenvalue weighted by molar-refractivity contribution is 0.0348. The standard InChI is InChI=1S/C20H31FN2O2/c1-15(2)22-10-6-17(7-11-22)23-12-8-19(24)20(9-13-23)25-18-5-3-4-16(21)14-18/h3-5,14-15,17,19-20,24H,6-13H2,1-2H3/t19-,20-/m0/s1. The van der Waals surface area contributed by atoms with E-state index < -0.39 is 6.10 Å². The Morgan fingerprint density at radius 1 is 1.08 bits per heavy atom. The lowest BCUT2D eigenvalue weighted by atomic mass is 10.0. The highest BCUT2D eigenvalue weighted by Crippen LogP contribution is 2.24. The van der Waals surface area contributed by atoms with Crippen LogP contribution in [0.25, 0.3) is 0 Å². The summed E-state index contributed by atoms with van der Waals surface area (Å²) in [5, 5.41) is 10.5. The average molecular weight is 350 g/mol. The van der Waals surface area contributed by atoms with Gasteiger partial charge in [-0.25, -0.2) is 4.39 Å². The molecule has 0 aromatic heterocycles. The van der Waals surface area contributed by atoms with Crippen LogP contribution in [0.1, 0.15) is 39.5 Å². The Labute approximate surface area is 150 Å². The summed E-state index contributed by atoms with van der Waals surface area (Å²) in [4.78, 5) is 5.06. The van der Waals surface area contributed by atoms with Crippen molar-refractivity contribution in [1.82, 2.24) is 9.80 Å². The van der Waals surface area contributed by atoms with E-state index in [-0.39, 0.29) is 11.9 Å². The summed E-state index contributed by atoms with van der Waals surface area (Å²) in [6.07, 6.45) is 3.13. The second-order valence-electron chi connectivity index (χ2n) is 7.66. The third-order valence-corrected chi connectivity index (χ3v) is 5.67. The molecule has 1 aromatic carbocycles. The number of benzene rings is 1. The summed E-state index contributed by atoms with van der Waals surface area (Å²) in [5.41, 5.74) is 0. The van der Waals surface area contributed by atoms with Gasteiger partial charge in [-0.05, 0) is 64.8 Å². The molecular weight excluding hydrogens is 319 g/mol. The Morgan fingerprint density at radius 2 is 1.80 bits per heavy atom. The van der Waals surface area contributed by atoms with Crippen LogP contribution < -0.4 is 4.74 Å². The minimum absolute atomic E-state index is 0.262. The number of hydrogen-bond donors (Lipinski definition) is 1. The predicted octanol–water partition coefficient (Wildman–Crippen LogP) is 2.90. The number of halogens is 1. The van der Waals surface area contributed by atoms with E-state index in [0.29, 0.717) is 24.3 Å².